The van der Waals surface area contributed by atoms with Crippen LogP contribution in [0, 0.1) is 5.41 Å². The molecule has 0 radical (unpaired) electrons. The molecule has 0 heterocycles. The number of hydrogen-bond donors (Lipinski definition) is 2. The molecule has 3 nitrogen and oxygen atoms in total. The highest BCUT2D eigenvalue weighted by Crippen LogP contribution is 2.28. The molecule has 1 aromatic rings. The first kappa shape index (κ1) is 18.5. The summed E-state index contributed by atoms with van der Waals surface area (Å²) in [6, 6.07) is 5.97. The Morgan fingerprint density at radius 3 is 1.36 bits per heavy atom. The van der Waals surface area contributed by atoms with Gasteiger partial charge in [0.15, 0.2) is 5.78 Å². The van der Waals surface area contributed by atoms with E-state index in [-0.39, 0.29) is 22.3 Å². The number of carbonyl (C=O) groups is 1. The van der Waals surface area contributed by atoms with Crippen LogP contribution in [-0.4, -0.2) is 16.9 Å². The lowest BCUT2D eigenvalue weighted by molar-refractivity contribution is 0.0858. The Balaban J connectivity index is 3.29. The Bertz CT molecular complexity index is 506. The third kappa shape index (κ3) is 6.08. The maximum Gasteiger partial charge on any atom is 0.168 e. The lowest BCUT2D eigenvalue weighted by Crippen LogP contribution is -2.28. The first-order valence-corrected chi connectivity index (χ1v) is 7.94. The van der Waals surface area contributed by atoms with Crippen molar-refractivity contribution in [1.29, 1.82) is 0 Å². The maximum absolute atomic E-state index is 12.6. The average molecular weight is 304 g/mol. The second-order valence-corrected chi connectivity index (χ2v) is 9.13. The van der Waals surface area contributed by atoms with Gasteiger partial charge in [-0.2, -0.15) is 0 Å². The molecule has 0 atom stereocenters. The van der Waals surface area contributed by atoms with Gasteiger partial charge in [0, 0.05) is 33.4 Å². The topological polar surface area (TPSA) is 41.1 Å². The molecule has 0 amide bonds. The summed E-state index contributed by atoms with van der Waals surface area (Å²) >= 11 is 0. The van der Waals surface area contributed by atoms with Crippen molar-refractivity contribution in [2.24, 2.45) is 5.41 Å². The third-order valence-electron chi connectivity index (χ3n) is 2.92. The predicted octanol–water partition coefficient (Wildman–Crippen LogP) is 5.34. The van der Waals surface area contributed by atoms with Crippen LogP contribution in [-0.2, 0) is 0 Å². The zero-order valence-electron chi connectivity index (χ0n) is 15.6. The number of benzene rings is 1. The second kappa shape index (κ2) is 5.94. The Labute approximate surface area is 135 Å². The molecule has 1 aromatic carbocycles. The molecular formula is C19H32N2O. The van der Waals surface area contributed by atoms with Crippen molar-refractivity contribution in [3.63, 3.8) is 0 Å². The van der Waals surface area contributed by atoms with Crippen LogP contribution in [0.4, 0.5) is 11.4 Å². The van der Waals surface area contributed by atoms with Crippen molar-refractivity contribution < 1.29 is 4.79 Å². The SMILES string of the molecule is CC(C)(C)Nc1cc(NC(C)(C)C)cc(C(=O)C(C)(C)C)c1. The Morgan fingerprint density at radius 2 is 1.09 bits per heavy atom. The fourth-order valence-electron chi connectivity index (χ4n) is 2.20. The molecular weight excluding hydrogens is 272 g/mol. The Morgan fingerprint density at radius 1 is 0.727 bits per heavy atom. The smallest absolute Gasteiger partial charge is 0.168 e. The van der Waals surface area contributed by atoms with Crippen LogP contribution in [0.2, 0.25) is 0 Å². The fourth-order valence-corrected chi connectivity index (χ4v) is 2.20. The van der Waals surface area contributed by atoms with E-state index >= 15 is 0 Å². The van der Waals surface area contributed by atoms with Crippen LogP contribution in [0.5, 0.6) is 0 Å². The lowest BCUT2D eigenvalue weighted by Gasteiger charge is -2.27. The molecule has 0 aromatic heterocycles. The molecule has 124 valence electrons. The van der Waals surface area contributed by atoms with Crippen molar-refractivity contribution in [2.45, 2.75) is 73.4 Å². The minimum atomic E-state index is -0.390. The van der Waals surface area contributed by atoms with Crippen LogP contribution >= 0.6 is 0 Å². The summed E-state index contributed by atoms with van der Waals surface area (Å²) in [6.45, 7) is 18.5. The van der Waals surface area contributed by atoms with E-state index < -0.39 is 0 Å². The Hall–Kier alpha value is -1.51. The lowest BCUT2D eigenvalue weighted by atomic mass is 9.86. The predicted molar refractivity (Wildman–Crippen MR) is 97.0 cm³/mol. The first-order valence-electron chi connectivity index (χ1n) is 7.94. The summed E-state index contributed by atoms with van der Waals surface area (Å²) < 4.78 is 0. The molecule has 2 N–H and O–H groups in total. The van der Waals surface area contributed by atoms with Gasteiger partial charge in [0.05, 0.1) is 0 Å². The second-order valence-electron chi connectivity index (χ2n) is 9.13. The van der Waals surface area contributed by atoms with Crippen LogP contribution < -0.4 is 10.6 Å². The number of carbonyl (C=O) groups excluding carboxylic acids is 1. The highest BCUT2D eigenvalue weighted by molar-refractivity contribution is 6.01. The fraction of sp³-hybridized carbons (Fsp3) is 0.632. The van der Waals surface area contributed by atoms with E-state index in [1.165, 1.54) is 0 Å². The van der Waals surface area contributed by atoms with Crippen LogP contribution in [0.15, 0.2) is 18.2 Å². The summed E-state index contributed by atoms with van der Waals surface area (Å²) in [5, 5.41) is 6.92. The molecule has 0 saturated heterocycles. The highest BCUT2D eigenvalue weighted by Gasteiger charge is 2.24. The van der Waals surface area contributed by atoms with Crippen LogP contribution in [0.3, 0.4) is 0 Å². The van der Waals surface area contributed by atoms with E-state index in [1.54, 1.807) is 0 Å². The van der Waals surface area contributed by atoms with Crippen molar-refractivity contribution in [2.75, 3.05) is 10.6 Å². The molecule has 0 saturated carbocycles. The normalized spacial score (nSPS) is 13.0. The Kier molecular flexibility index (Phi) is 5.01. The van der Waals surface area contributed by atoms with Crippen molar-refractivity contribution >= 4 is 17.2 Å². The van der Waals surface area contributed by atoms with Gasteiger partial charge in [-0.25, -0.2) is 0 Å². The van der Waals surface area contributed by atoms with Gasteiger partial charge in [0.2, 0.25) is 0 Å². The molecule has 1 rings (SSSR count). The van der Waals surface area contributed by atoms with E-state index in [2.05, 4.69) is 58.2 Å². The van der Waals surface area contributed by atoms with E-state index in [0.29, 0.717) is 0 Å². The van der Waals surface area contributed by atoms with Gasteiger partial charge in [0.1, 0.15) is 0 Å². The van der Waals surface area contributed by atoms with Gasteiger partial charge in [-0.15, -0.1) is 0 Å². The minimum Gasteiger partial charge on any atom is -0.380 e. The van der Waals surface area contributed by atoms with Crippen LogP contribution in [0.25, 0.3) is 0 Å². The minimum absolute atomic E-state index is 0.0532. The summed E-state index contributed by atoms with van der Waals surface area (Å²) in [5.41, 5.74) is 2.18. The zero-order chi connectivity index (χ0) is 17.3. The van der Waals surface area contributed by atoms with Gasteiger partial charge in [-0.3, -0.25) is 4.79 Å². The molecule has 0 fully saturated rings. The maximum atomic E-state index is 12.6. The summed E-state index contributed by atoms with van der Waals surface area (Å²) in [4.78, 5) is 12.6. The monoisotopic (exact) mass is 304 g/mol. The quantitative estimate of drug-likeness (QED) is 0.741. The summed E-state index contributed by atoms with van der Waals surface area (Å²) in [7, 11) is 0. The third-order valence-corrected chi connectivity index (χ3v) is 2.92. The van der Waals surface area contributed by atoms with Gasteiger partial charge in [0.25, 0.3) is 0 Å². The standard InChI is InChI=1S/C19H32N2O/c1-17(2,3)16(22)13-10-14(20-18(4,5)6)12-15(11-13)21-19(7,8)9/h10-12,20-21H,1-9H3. The van der Waals surface area contributed by atoms with E-state index in [0.717, 1.165) is 16.9 Å². The van der Waals surface area contributed by atoms with E-state index in [1.807, 2.05) is 32.9 Å². The number of anilines is 2. The summed E-state index contributed by atoms with van der Waals surface area (Å²) in [5.74, 6) is 0.155. The van der Waals surface area contributed by atoms with E-state index in [4.69, 9.17) is 0 Å². The molecule has 0 aliphatic heterocycles. The molecule has 22 heavy (non-hydrogen) atoms. The molecule has 0 aliphatic rings. The summed E-state index contributed by atoms with van der Waals surface area (Å²) in [6.07, 6.45) is 0. The number of nitrogens with one attached hydrogen (secondary N) is 2. The number of hydrogen-bond acceptors (Lipinski definition) is 3. The number of Topliss-reactive ketones (excluding diaryl/α,β-unsaturated/α-hetero) is 1. The zero-order valence-corrected chi connectivity index (χ0v) is 15.6. The van der Waals surface area contributed by atoms with Crippen LogP contribution in [0.1, 0.15) is 72.7 Å². The van der Waals surface area contributed by atoms with Gasteiger partial charge >= 0.3 is 0 Å². The number of rotatable bonds is 3. The molecule has 0 aliphatic carbocycles. The molecule has 3 heteroatoms. The van der Waals surface area contributed by atoms with Gasteiger partial charge < -0.3 is 10.6 Å². The molecule has 0 spiro atoms. The van der Waals surface area contributed by atoms with Crippen molar-refractivity contribution in [3.8, 4) is 0 Å². The molecule has 0 unspecified atom stereocenters. The van der Waals surface area contributed by atoms with E-state index in [9.17, 15) is 4.79 Å². The first-order chi connectivity index (χ1) is 9.67. The largest absolute Gasteiger partial charge is 0.380 e. The van der Waals surface area contributed by atoms with Crippen molar-refractivity contribution in [3.05, 3.63) is 23.8 Å². The van der Waals surface area contributed by atoms with Crippen molar-refractivity contribution in [1.82, 2.24) is 0 Å². The van der Waals surface area contributed by atoms with Gasteiger partial charge in [-0.1, -0.05) is 20.8 Å². The van der Waals surface area contributed by atoms with Gasteiger partial charge in [-0.05, 0) is 59.7 Å². The average Bonchev–Trinajstić information content (AvgIpc) is 2.21. The number of ketones is 1. The highest BCUT2D eigenvalue weighted by atomic mass is 16.1. The molecule has 0 bridgehead atoms.